The van der Waals surface area contributed by atoms with Crippen LogP contribution in [0, 0.1) is 6.92 Å². The zero-order valence-corrected chi connectivity index (χ0v) is 23.9. The van der Waals surface area contributed by atoms with Crippen LogP contribution in [-0.2, 0) is 16.1 Å². The van der Waals surface area contributed by atoms with E-state index >= 15 is 0 Å². The van der Waals surface area contributed by atoms with E-state index < -0.39 is 17.0 Å². The number of piperazine rings is 1. The molecule has 0 aliphatic carbocycles. The Morgan fingerprint density at radius 2 is 1.79 bits per heavy atom. The zero-order valence-electron chi connectivity index (χ0n) is 23.9. The number of hydrogen-bond donors (Lipinski definition) is 2. The van der Waals surface area contributed by atoms with Gasteiger partial charge >= 0.3 is 6.09 Å². The van der Waals surface area contributed by atoms with E-state index in [1.54, 1.807) is 11.1 Å². The van der Waals surface area contributed by atoms with Gasteiger partial charge in [0, 0.05) is 38.3 Å². The number of carbonyl (C=O) groups is 2. The number of aromatic nitrogens is 2. The van der Waals surface area contributed by atoms with Crippen LogP contribution < -0.4 is 16.1 Å². The van der Waals surface area contributed by atoms with E-state index in [0.29, 0.717) is 26.2 Å². The Bertz CT molecular complexity index is 1240. The second-order valence-electron chi connectivity index (χ2n) is 11.4. The first kappa shape index (κ1) is 29.5. The van der Waals surface area contributed by atoms with E-state index in [2.05, 4.69) is 35.5 Å². The number of azo groups is 1. The third kappa shape index (κ3) is 8.45. The number of nitrogens with zero attached hydrogens (tertiary/aromatic N) is 7. The van der Waals surface area contributed by atoms with Gasteiger partial charge in [-0.05, 0) is 65.7 Å². The number of hydrogen-bond acceptors (Lipinski definition) is 9. The Labute approximate surface area is 229 Å². The largest absolute Gasteiger partial charge is 0.444 e. The van der Waals surface area contributed by atoms with Crippen LogP contribution in [0.5, 0.6) is 0 Å². The molecule has 39 heavy (non-hydrogen) atoms. The number of amides is 2. The van der Waals surface area contributed by atoms with Gasteiger partial charge in [0.25, 0.3) is 11.7 Å². The van der Waals surface area contributed by atoms with Gasteiger partial charge in [-0.2, -0.15) is 10.2 Å². The zero-order chi connectivity index (χ0) is 28.8. The average Bonchev–Trinajstić information content (AvgIpc) is 2.86. The van der Waals surface area contributed by atoms with Crippen molar-refractivity contribution in [3.05, 3.63) is 41.9 Å². The fourth-order valence-corrected chi connectivity index (χ4v) is 3.86. The minimum absolute atomic E-state index is 0.184. The minimum Gasteiger partial charge on any atom is -0.444 e. The molecule has 1 saturated heterocycles. The van der Waals surface area contributed by atoms with Gasteiger partial charge in [-0.25, -0.2) is 14.8 Å². The van der Waals surface area contributed by atoms with Crippen molar-refractivity contribution < 1.29 is 14.3 Å². The molecule has 0 saturated carbocycles. The molecular formula is C27H39N9O3. The van der Waals surface area contributed by atoms with Crippen molar-refractivity contribution in [2.75, 3.05) is 31.1 Å². The highest BCUT2D eigenvalue weighted by atomic mass is 16.6. The van der Waals surface area contributed by atoms with Gasteiger partial charge in [-0.3, -0.25) is 4.79 Å². The SMILES string of the molecule is Cc1cc(-c2ncncc2N2CCN(C(=O)OC(C)(C)C)CC2)ccc1CNC(=O)/C(N=NC(C)(C)C)=N/N. The van der Waals surface area contributed by atoms with E-state index in [1.807, 2.05) is 66.7 Å². The predicted octanol–water partition coefficient (Wildman–Crippen LogP) is 3.65. The predicted molar refractivity (Wildman–Crippen MR) is 150 cm³/mol. The molecule has 1 fully saturated rings. The number of carbonyl (C=O) groups excluding carboxylic acids is 2. The van der Waals surface area contributed by atoms with Crippen LogP contribution in [0.15, 0.2) is 46.1 Å². The molecule has 210 valence electrons. The molecule has 1 aromatic carbocycles. The number of rotatable bonds is 4. The van der Waals surface area contributed by atoms with Crippen molar-refractivity contribution in [3.8, 4) is 11.3 Å². The second-order valence-corrected chi connectivity index (χ2v) is 11.4. The van der Waals surface area contributed by atoms with Gasteiger partial charge in [-0.1, -0.05) is 12.1 Å². The van der Waals surface area contributed by atoms with Crippen molar-refractivity contribution in [1.82, 2.24) is 20.2 Å². The first-order chi connectivity index (χ1) is 18.3. The number of nitrogens with two attached hydrogens (primary N) is 1. The van der Waals surface area contributed by atoms with Gasteiger partial charge in [0.2, 0.25) is 0 Å². The molecule has 0 radical (unpaired) electrons. The van der Waals surface area contributed by atoms with E-state index in [-0.39, 0.29) is 18.5 Å². The molecule has 0 atom stereocenters. The standard InChI is InChI=1S/C27H39N9O3/c1-18-14-19(8-9-20(18)15-30-24(37)23(32-28)33-34-26(2,3)4)22-21(16-29-17-31-22)35-10-12-36(13-11-35)25(38)39-27(5,6)7/h8-9,14,16-17H,10-13,15,28H2,1-7H3,(H,30,37)/b32-23-,34-33?. The summed E-state index contributed by atoms with van der Waals surface area (Å²) in [6.07, 6.45) is 3.03. The molecule has 3 N–H and O–H groups in total. The normalized spacial score (nSPS) is 15.0. The third-order valence-electron chi connectivity index (χ3n) is 5.79. The fourth-order valence-electron chi connectivity index (χ4n) is 3.86. The lowest BCUT2D eigenvalue weighted by Gasteiger charge is -2.37. The molecule has 1 aliphatic rings. The maximum atomic E-state index is 12.5. The summed E-state index contributed by atoms with van der Waals surface area (Å²) < 4.78 is 5.51. The Hall–Kier alpha value is -4.09. The summed E-state index contributed by atoms with van der Waals surface area (Å²) in [6.45, 7) is 15.8. The van der Waals surface area contributed by atoms with Crippen molar-refractivity contribution in [2.24, 2.45) is 21.2 Å². The van der Waals surface area contributed by atoms with Crippen LogP contribution in [0.3, 0.4) is 0 Å². The van der Waals surface area contributed by atoms with Gasteiger partial charge in [-0.15, -0.1) is 5.11 Å². The number of ether oxygens (including phenoxy) is 1. The Morgan fingerprint density at radius 3 is 2.38 bits per heavy atom. The first-order valence-corrected chi connectivity index (χ1v) is 12.9. The Kier molecular flexibility index (Phi) is 9.20. The number of aryl methyl sites for hydroxylation is 1. The summed E-state index contributed by atoms with van der Waals surface area (Å²) in [6, 6.07) is 5.95. The van der Waals surface area contributed by atoms with Crippen LogP contribution in [0.25, 0.3) is 11.3 Å². The minimum atomic E-state index is -0.529. The maximum Gasteiger partial charge on any atom is 0.410 e. The van der Waals surface area contributed by atoms with Gasteiger partial charge < -0.3 is 25.7 Å². The maximum absolute atomic E-state index is 12.5. The molecule has 0 unspecified atom stereocenters. The average molecular weight is 538 g/mol. The molecule has 0 spiro atoms. The molecule has 0 bridgehead atoms. The van der Waals surface area contributed by atoms with E-state index in [0.717, 1.165) is 28.1 Å². The monoisotopic (exact) mass is 537 g/mol. The lowest BCUT2D eigenvalue weighted by molar-refractivity contribution is -0.115. The summed E-state index contributed by atoms with van der Waals surface area (Å²) in [4.78, 5) is 37.7. The van der Waals surface area contributed by atoms with Crippen molar-refractivity contribution in [2.45, 2.75) is 66.2 Å². The van der Waals surface area contributed by atoms with Crippen LogP contribution in [0.4, 0.5) is 10.5 Å². The lowest BCUT2D eigenvalue weighted by atomic mass is 10.0. The van der Waals surface area contributed by atoms with Crippen molar-refractivity contribution >= 4 is 23.5 Å². The topological polar surface area (TPSA) is 151 Å². The quantitative estimate of drug-likeness (QED) is 0.199. The number of nitrogens with one attached hydrogen (secondary N) is 1. The molecule has 1 aromatic heterocycles. The summed E-state index contributed by atoms with van der Waals surface area (Å²) >= 11 is 0. The summed E-state index contributed by atoms with van der Waals surface area (Å²) in [5.74, 6) is 4.65. The van der Waals surface area contributed by atoms with E-state index in [1.165, 1.54) is 6.33 Å². The van der Waals surface area contributed by atoms with E-state index in [9.17, 15) is 9.59 Å². The highest BCUT2D eigenvalue weighted by molar-refractivity contribution is 6.38. The van der Waals surface area contributed by atoms with Crippen LogP contribution in [-0.4, -0.2) is 70.0 Å². The van der Waals surface area contributed by atoms with Gasteiger partial charge in [0.15, 0.2) is 0 Å². The highest BCUT2D eigenvalue weighted by Gasteiger charge is 2.27. The van der Waals surface area contributed by atoms with Crippen molar-refractivity contribution in [1.29, 1.82) is 0 Å². The fraction of sp³-hybridized carbons (Fsp3) is 0.519. The summed E-state index contributed by atoms with van der Waals surface area (Å²) in [5, 5.41) is 14.2. The third-order valence-corrected chi connectivity index (χ3v) is 5.79. The van der Waals surface area contributed by atoms with Crippen molar-refractivity contribution in [3.63, 3.8) is 0 Å². The van der Waals surface area contributed by atoms with Crippen LogP contribution in [0.2, 0.25) is 0 Å². The summed E-state index contributed by atoms with van der Waals surface area (Å²) in [7, 11) is 0. The van der Waals surface area contributed by atoms with Crippen LogP contribution >= 0.6 is 0 Å². The van der Waals surface area contributed by atoms with Crippen LogP contribution in [0.1, 0.15) is 52.7 Å². The first-order valence-electron chi connectivity index (χ1n) is 12.9. The Balaban J connectivity index is 1.69. The van der Waals surface area contributed by atoms with E-state index in [4.69, 9.17) is 10.6 Å². The molecule has 2 aromatic rings. The number of anilines is 1. The number of hydrazone groups is 1. The molecule has 3 rings (SSSR count). The number of amidine groups is 1. The number of benzene rings is 1. The Morgan fingerprint density at radius 1 is 1.10 bits per heavy atom. The molecule has 12 heteroatoms. The molecule has 2 amide bonds. The smallest absolute Gasteiger partial charge is 0.410 e. The van der Waals surface area contributed by atoms with Gasteiger partial charge in [0.1, 0.15) is 11.9 Å². The second kappa shape index (κ2) is 12.2. The molecule has 12 nitrogen and oxygen atoms in total. The van der Waals surface area contributed by atoms with Gasteiger partial charge in [0.05, 0.1) is 23.1 Å². The molecule has 1 aliphatic heterocycles. The molecule has 2 heterocycles. The molecular weight excluding hydrogens is 498 g/mol. The lowest BCUT2D eigenvalue weighted by Crippen LogP contribution is -2.50. The highest BCUT2D eigenvalue weighted by Crippen LogP contribution is 2.30. The summed E-state index contributed by atoms with van der Waals surface area (Å²) in [5.41, 5.74) is 3.56.